The van der Waals surface area contributed by atoms with Crippen LogP contribution in [-0.4, -0.2) is 6.03 Å². The van der Waals surface area contributed by atoms with Crippen LogP contribution in [0.1, 0.15) is 33.8 Å². The van der Waals surface area contributed by atoms with E-state index in [0.29, 0.717) is 11.3 Å². The van der Waals surface area contributed by atoms with E-state index in [1.54, 1.807) is 35.6 Å². The Morgan fingerprint density at radius 3 is 2.48 bits per heavy atom. The number of nitrogens with zero attached hydrogens (tertiary/aromatic N) is 1. The quantitative estimate of drug-likeness (QED) is 0.895. The zero-order chi connectivity index (χ0) is 15.4. The van der Waals surface area contributed by atoms with E-state index in [0.717, 1.165) is 5.56 Å². The summed E-state index contributed by atoms with van der Waals surface area (Å²) in [6, 6.07) is 10.6. The van der Waals surface area contributed by atoms with Crippen LogP contribution in [0.2, 0.25) is 0 Å². The van der Waals surface area contributed by atoms with Crippen LogP contribution in [-0.2, 0) is 0 Å². The van der Waals surface area contributed by atoms with Gasteiger partial charge in [0.1, 0.15) is 0 Å². The first-order valence-electron chi connectivity index (χ1n) is 6.64. The van der Waals surface area contributed by atoms with Crippen LogP contribution < -0.4 is 10.6 Å². The Morgan fingerprint density at radius 2 is 1.95 bits per heavy atom. The predicted octanol–water partition coefficient (Wildman–Crippen LogP) is 4.12. The molecule has 0 radical (unpaired) electrons. The van der Waals surface area contributed by atoms with Gasteiger partial charge in [-0.25, -0.2) is 4.79 Å². The van der Waals surface area contributed by atoms with Gasteiger partial charge in [0, 0.05) is 15.4 Å². The molecule has 2 N–H and O–H groups in total. The van der Waals surface area contributed by atoms with Crippen molar-refractivity contribution in [2.24, 2.45) is 0 Å². The zero-order valence-electron chi connectivity index (χ0n) is 12.2. The van der Waals surface area contributed by atoms with E-state index in [-0.39, 0.29) is 12.1 Å². The Balaban J connectivity index is 1.98. The number of thiophene rings is 1. The van der Waals surface area contributed by atoms with Crippen LogP contribution in [0.3, 0.4) is 0 Å². The molecule has 0 saturated carbocycles. The van der Waals surface area contributed by atoms with E-state index in [1.165, 1.54) is 9.75 Å². The SMILES string of the molecule is Cc1cc(C(C)NC(=O)Nc2ccc(C#N)cc2)c(C)s1. The van der Waals surface area contributed by atoms with Gasteiger partial charge in [0.15, 0.2) is 0 Å². The third-order valence-electron chi connectivity index (χ3n) is 3.17. The van der Waals surface area contributed by atoms with E-state index < -0.39 is 0 Å². The van der Waals surface area contributed by atoms with Crippen LogP contribution in [0, 0.1) is 25.2 Å². The molecule has 4 nitrogen and oxygen atoms in total. The molecule has 1 unspecified atom stereocenters. The highest BCUT2D eigenvalue weighted by Gasteiger charge is 2.13. The fourth-order valence-corrected chi connectivity index (χ4v) is 3.17. The highest BCUT2D eigenvalue weighted by molar-refractivity contribution is 7.12. The Hall–Kier alpha value is -2.32. The van der Waals surface area contributed by atoms with Gasteiger partial charge in [-0.3, -0.25) is 0 Å². The molecule has 1 atom stereocenters. The first-order chi connectivity index (χ1) is 9.99. The largest absolute Gasteiger partial charge is 0.331 e. The summed E-state index contributed by atoms with van der Waals surface area (Å²) in [5.74, 6) is 0. The summed E-state index contributed by atoms with van der Waals surface area (Å²) in [7, 11) is 0. The molecule has 0 spiro atoms. The monoisotopic (exact) mass is 299 g/mol. The molecule has 0 aliphatic rings. The minimum atomic E-state index is -0.254. The number of carbonyl (C=O) groups is 1. The number of hydrogen-bond acceptors (Lipinski definition) is 3. The fraction of sp³-hybridized carbons (Fsp3) is 0.250. The number of anilines is 1. The van der Waals surface area contributed by atoms with E-state index in [4.69, 9.17) is 5.26 Å². The number of nitrogens with one attached hydrogen (secondary N) is 2. The summed E-state index contributed by atoms with van der Waals surface area (Å²) in [4.78, 5) is 14.4. The van der Waals surface area contributed by atoms with Crippen molar-refractivity contribution in [2.75, 3.05) is 5.32 Å². The van der Waals surface area contributed by atoms with Crippen molar-refractivity contribution in [3.63, 3.8) is 0 Å². The summed E-state index contributed by atoms with van der Waals surface area (Å²) in [6.07, 6.45) is 0. The number of benzene rings is 1. The van der Waals surface area contributed by atoms with Gasteiger partial charge in [-0.2, -0.15) is 5.26 Å². The number of nitriles is 1. The molecule has 0 aliphatic heterocycles. The minimum absolute atomic E-state index is 0.0478. The number of hydrogen-bond donors (Lipinski definition) is 2. The minimum Gasteiger partial charge on any atom is -0.331 e. The first kappa shape index (κ1) is 15.1. The van der Waals surface area contributed by atoms with Crippen LogP contribution in [0.25, 0.3) is 0 Å². The van der Waals surface area contributed by atoms with Crippen molar-refractivity contribution in [1.82, 2.24) is 5.32 Å². The summed E-state index contributed by atoms with van der Waals surface area (Å²) in [5, 5.41) is 14.4. The second kappa shape index (κ2) is 6.42. The Labute approximate surface area is 128 Å². The molecule has 108 valence electrons. The molecule has 1 aromatic heterocycles. The third-order valence-corrected chi connectivity index (χ3v) is 4.15. The molecule has 5 heteroatoms. The van der Waals surface area contributed by atoms with Crippen molar-refractivity contribution in [2.45, 2.75) is 26.8 Å². The van der Waals surface area contributed by atoms with Crippen molar-refractivity contribution < 1.29 is 4.79 Å². The summed E-state index contributed by atoms with van der Waals surface area (Å²) >= 11 is 1.73. The summed E-state index contributed by atoms with van der Waals surface area (Å²) in [6.45, 7) is 6.08. The maximum atomic E-state index is 12.0. The van der Waals surface area contributed by atoms with Gasteiger partial charge in [0.2, 0.25) is 0 Å². The second-order valence-corrected chi connectivity index (χ2v) is 6.34. The van der Waals surface area contributed by atoms with Crippen LogP contribution >= 0.6 is 11.3 Å². The van der Waals surface area contributed by atoms with Gasteiger partial charge in [-0.05, 0) is 56.7 Å². The average Bonchev–Trinajstić information content (AvgIpc) is 2.78. The van der Waals surface area contributed by atoms with E-state index >= 15 is 0 Å². The maximum absolute atomic E-state index is 12.0. The van der Waals surface area contributed by atoms with Crippen molar-refractivity contribution in [3.05, 3.63) is 51.2 Å². The third kappa shape index (κ3) is 3.83. The molecule has 0 aliphatic carbocycles. The number of urea groups is 1. The number of carbonyl (C=O) groups excluding carboxylic acids is 1. The molecule has 1 aromatic carbocycles. The zero-order valence-corrected chi connectivity index (χ0v) is 13.0. The molecule has 0 bridgehead atoms. The Morgan fingerprint density at radius 1 is 1.29 bits per heavy atom. The molecular formula is C16H17N3OS. The van der Waals surface area contributed by atoms with Gasteiger partial charge in [0.05, 0.1) is 17.7 Å². The van der Waals surface area contributed by atoms with E-state index in [1.807, 2.05) is 13.0 Å². The standard InChI is InChI=1S/C16H17N3OS/c1-10-8-15(12(3)21-10)11(2)18-16(20)19-14-6-4-13(9-17)5-7-14/h4-8,11H,1-3H3,(H2,18,19,20). The molecule has 2 rings (SSSR count). The molecule has 0 saturated heterocycles. The van der Waals surface area contributed by atoms with Crippen LogP contribution in [0.4, 0.5) is 10.5 Å². The highest BCUT2D eigenvalue weighted by atomic mass is 32.1. The number of rotatable bonds is 3. The van der Waals surface area contributed by atoms with Gasteiger partial charge >= 0.3 is 6.03 Å². The highest BCUT2D eigenvalue weighted by Crippen LogP contribution is 2.26. The number of aryl methyl sites for hydroxylation is 2. The van der Waals surface area contributed by atoms with Crippen molar-refractivity contribution in [3.8, 4) is 6.07 Å². The lowest BCUT2D eigenvalue weighted by Gasteiger charge is -2.14. The molecule has 2 amide bonds. The molecule has 2 aromatic rings. The smallest absolute Gasteiger partial charge is 0.319 e. The van der Waals surface area contributed by atoms with Gasteiger partial charge < -0.3 is 10.6 Å². The summed E-state index contributed by atoms with van der Waals surface area (Å²) < 4.78 is 0. The lowest BCUT2D eigenvalue weighted by molar-refractivity contribution is 0.249. The Kier molecular flexibility index (Phi) is 4.61. The van der Waals surface area contributed by atoms with Crippen molar-refractivity contribution in [1.29, 1.82) is 5.26 Å². The predicted molar refractivity (Wildman–Crippen MR) is 85.5 cm³/mol. The topological polar surface area (TPSA) is 64.9 Å². The summed E-state index contributed by atoms with van der Waals surface area (Å²) in [5.41, 5.74) is 2.38. The molecular weight excluding hydrogens is 282 g/mol. The molecule has 1 heterocycles. The second-order valence-electron chi connectivity index (χ2n) is 4.88. The van der Waals surface area contributed by atoms with Crippen LogP contribution in [0.5, 0.6) is 0 Å². The Bertz CT molecular complexity index is 683. The van der Waals surface area contributed by atoms with E-state index in [9.17, 15) is 4.79 Å². The van der Waals surface area contributed by atoms with Gasteiger partial charge in [-0.15, -0.1) is 11.3 Å². The van der Waals surface area contributed by atoms with Crippen molar-refractivity contribution >= 4 is 23.1 Å². The van der Waals surface area contributed by atoms with E-state index in [2.05, 4.69) is 30.5 Å². The average molecular weight is 299 g/mol. The first-order valence-corrected chi connectivity index (χ1v) is 7.46. The fourth-order valence-electron chi connectivity index (χ4n) is 2.15. The van der Waals surface area contributed by atoms with Gasteiger partial charge in [-0.1, -0.05) is 0 Å². The molecule has 0 fully saturated rings. The van der Waals surface area contributed by atoms with Gasteiger partial charge in [0.25, 0.3) is 0 Å². The maximum Gasteiger partial charge on any atom is 0.319 e. The lowest BCUT2D eigenvalue weighted by Crippen LogP contribution is -2.31. The molecule has 21 heavy (non-hydrogen) atoms. The lowest BCUT2D eigenvalue weighted by atomic mass is 10.1. The number of amides is 2. The van der Waals surface area contributed by atoms with Crippen LogP contribution in [0.15, 0.2) is 30.3 Å². The normalized spacial score (nSPS) is 11.5.